The fourth-order valence-electron chi connectivity index (χ4n) is 6.05. The first kappa shape index (κ1) is 31.5. The number of benzene rings is 1. The molecule has 2 aliphatic rings. The highest BCUT2D eigenvalue weighted by Crippen LogP contribution is 2.37. The lowest BCUT2D eigenvalue weighted by Crippen LogP contribution is -2.54. The van der Waals surface area contributed by atoms with E-state index >= 15 is 8.78 Å². The third-order valence-electron chi connectivity index (χ3n) is 8.29. The molecule has 6 rings (SSSR count). The van der Waals surface area contributed by atoms with Crippen molar-refractivity contribution in [3.63, 3.8) is 0 Å². The summed E-state index contributed by atoms with van der Waals surface area (Å²) in [6, 6.07) is 6.18. The molecule has 2 bridgehead atoms. The second-order valence-electron chi connectivity index (χ2n) is 11.8. The number of hydrogen-bond acceptors (Lipinski definition) is 8. The van der Waals surface area contributed by atoms with Crippen molar-refractivity contribution < 1.29 is 23.2 Å². The zero-order valence-electron chi connectivity index (χ0n) is 26.0. The molecule has 0 spiro atoms. The zero-order chi connectivity index (χ0) is 33.6. The fourth-order valence-corrected chi connectivity index (χ4v) is 6.05. The number of fused-ring (bicyclic) bond motifs is 5. The topological polar surface area (TPSA) is 142 Å². The molecule has 1 atom stereocenters. The average Bonchev–Trinajstić information content (AvgIpc) is 3.03. The standard InChI is InChI=1S/C33H32F2N8O4/c1-5-26(46)41-13-14-42(18(4)16-41)31-19-15-21(35)29-27-20(34)7-6-8-22(27)37-24(44)9-10-25(45)38-23-11-12-36-28(17(2)3)30(23)43(32(19)39-29)33(47)40-31/h5-8,11-12,15,17-18H,1,9-10,13-14,16H2,2-4H3,(H,37,44)(H,38,45)/t18-/m0/s1. The molecular formula is C33H32F2N8O4. The minimum atomic E-state index is -0.921. The van der Waals surface area contributed by atoms with Gasteiger partial charge in [-0.05, 0) is 43.2 Å². The van der Waals surface area contributed by atoms with Crippen LogP contribution in [0.4, 0.5) is 26.0 Å². The molecule has 1 fully saturated rings. The Morgan fingerprint density at radius 1 is 1.02 bits per heavy atom. The van der Waals surface area contributed by atoms with Crippen LogP contribution < -0.4 is 21.2 Å². The van der Waals surface area contributed by atoms with Crippen LogP contribution >= 0.6 is 0 Å². The Kier molecular flexibility index (Phi) is 8.26. The third-order valence-corrected chi connectivity index (χ3v) is 8.29. The number of carbonyl (C=O) groups excluding carboxylic acids is 3. The number of nitrogens with zero attached hydrogens (tertiary/aromatic N) is 6. The number of carbonyl (C=O) groups is 3. The van der Waals surface area contributed by atoms with Crippen LogP contribution in [0.2, 0.25) is 0 Å². The summed E-state index contributed by atoms with van der Waals surface area (Å²) < 4.78 is 33.0. The molecule has 14 heteroatoms. The molecule has 5 heterocycles. The van der Waals surface area contributed by atoms with Gasteiger partial charge in [-0.3, -0.25) is 19.4 Å². The summed E-state index contributed by atoms with van der Waals surface area (Å²) in [7, 11) is 0. The van der Waals surface area contributed by atoms with Crippen LogP contribution in [-0.4, -0.2) is 67.8 Å². The monoisotopic (exact) mass is 642 g/mol. The summed E-state index contributed by atoms with van der Waals surface area (Å²) in [4.78, 5) is 69.5. The van der Waals surface area contributed by atoms with E-state index in [-0.39, 0.29) is 76.7 Å². The van der Waals surface area contributed by atoms with Gasteiger partial charge in [0.2, 0.25) is 17.7 Å². The van der Waals surface area contributed by atoms with Crippen molar-refractivity contribution >= 4 is 45.9 Å². The largest absolute Gasteiger partial charge is 0.355 e. The predicted molar refractivity (Wildman–Crippen MR) is 172 cm³/mol. The molecule has 1 aromatic carbocycles. The number of piperazine rings is 1. The molecule has 0 saturated carbocycles. The molecule has 0 unspecified atom stereocenters. The van der Waals surface area contributed by atoms with Crippen LogP contribution in [0.15, 0.2) is 54.0 Å². The number of halogens is 2. The van der Waals surface area contributed by atoms with Gasteiger partial charge in [-0.15, -0.1) is 0 Å². The Bertz CT molecular complexity index is 2030. The normalized spacial score (nSPS) is 16.8. The molecule has 3 amide bonds. The molecule has 2 N–H and O–H groups in total. The van der Waals surface area contributed by atoms with Gasteiger partial charge in [0.05, 0.1) is 33.7 Å². The SMILES string of the molecule is C=CC(=O)N1CCN(c2nc(=O)n3c4nc(c(F)cc24)-c2c(F)cccc2NC(=O)CCC(=O)Nc2ccnc(C(C)C)c2-3)[C@@H](C)C1. The lowest BCUT2D eigenvalue weighted by molar-refractivity contribution is -0.126. The summed E-state index contributed by atoms with van der Waals surface area (Å²) >= 11 is 0. The Morgan fingerprint density at radius 2 is 1.74 bits per heavy atom. The van der Waals surface area contributed by atoms with E-state index in [1.807, 2.05) is 20.8 Å². The number of pyridine rings is 2. The first-order chi connectivity index (χ1) is 22.5. The summed E-state index contributed by atoms with van der Waals surface area (Å²) in [5.41, 5.74) is -0.904. The molecule has 1 saturated heterocycles. The smallest absolute Gasteiger partial charge is 0.350 e. The number of aromatic nitrogens is 4. The first-order valence-electron chi connectivity index (χ1n) is 15.2. The molecule has 47 heavy (non-hydrogen) atoms. The van der Waals surface area contributed by atoms with Gasteiger partial charge < -0.3 is 20.4 Å². The van der Waals surface area contributed by atoms with Gasteiger partial charge in [-0.1, -0.05) is 26.5 Å². The average molecular weight is 643 g/mol. The first-order valence-corrected chi connectivity index (χ1v) is 15.2. The van der Waals surface area contributed by atoms with Crippen LogP contribution in [0, 0.1) is 11.6 Å². The summed E-state index contributed by atoms with van der Waals surface area (Å²) in [5, 5.41) is 5.50. The Morgan fingerprint density at radius 3 is 2.43 bits per heavy atom. The van der Waals surface area contributed by atoms with Crippen molar-refractivity contribution in [1.29, 1.82) is 0 Å². The lowest BCUT2D eigenvalue weighted by atomic mass is 10.0. The number of anilines is 3. The van der Waals surface area contributed by atoms with Gasteiger partial charge >= 0.3 is 5.69 Å². The summed E-state index contributed by atoms with van der Waals surface area (Å²) in [6.45, 7) is 9.96. The summed E-state index contributed by atoms with van der Waals surface area (Å²) in [5.74, 6) is -3.26. The highest BCUT2D eigenvalue weighted by atomic mass is 19.1. The second-order valence-corrected chi connectivity index (χ2v) is 11.8. The van der Waals surface area contributed by atoms with Crippen molar-refractivity contribution in [2.75, 3.05) is 35.2 Å². The molecular weight excluding hydrogens is 610 g/mol. The van der Waals surface area contributed by atoms with Crippen molar-refractivity contribution in [2.45, 2.75) is 45.6 Å². The van der Waals surface area contributed by atoms with Gasteiger partial charge in [0.1, 0.15) is 17.3 Å². The number of rotatable bonds is 3. The highest BCUT2D eigenvalue weighted by Gasteiger charge is 2.32. The highest BCUT2D eigenvalue weighted by molar-refractivity contribution is 6.01. The van der Waals surface area contributed by atoms with Crippen molar-refractivity contribution in [2.24, 2.45) is 0 Å². The van der Waals surface area contributed by atoms with E-state index in [9.17, 15) is 19.2 Å². The van der Waals surface area contributed by atoms with E-state index in [4.69, 9.17) is 0 Å². The van der Waals surface area contributed by atoms with Gasteiger partial charge in [-0.25, -0.2) is 23.1 Å². The van der Waals surface area contributed by atoms with E-state index in [0.717, 1.165) is 16.7 Å². The van der Waals surface area contributed by atoms with Gasteiger partial charge in [0, 0.05) is 44.7 Å². The molecule has 12 nitrogen and oxygen atoms in total. The van der Waals surface area contributed by atoms with E-state index in [2.05, 4.69) is 32.2 Å². The molecule has 4 aromatic rings. The van der Waals surface area contributed by atoms with Crippen LogP contribution in [0.5, 0.6) is 0 Å². The maximum Gasteiger partial charge on any atom is 0.355 e. The summed E-state index contributed by atoms with van der Waals surface area (Å²) in [6.07, 6.45) is 2.23. The van der Waals surface area contributed by atoms with Crippen molar-refractivity contribution in [1.82, 2.24) is 24.4 Å². The zero-order valence-corrected chi connectivity index (χ0v) is 26.0. The van der Waals surface area contributed by atoms with Crippen LogP contribution in [-0.2, 0) is 14.4 Å². The fraction of sp³-hybridized carbons (Fsp3) is 0.303. The van der Waals surface area contributed by atoms with Gasteiger partial charge in [0.15, 0.2) is 11.5 Å². The number of hydrogen-bond donors (Lipinski definition) is 2. The van der Waals surface area contributed by atoms with E-state index < -0.39 is 34.8 Å². The van der Waals surface area contributed by atoms with Gasteiger partial charge in [-0.2, -0.15) is 4.98 Å². The van der Waals surface area contributed by atoms with Crippen LogP contribution in [0.1, 0.15) is 45.2 Å². The quantitative estimate of drug-likeness (QED) is 0.318. The van der Waals surface area contributed by atoms with Crippen LogP contribution in [0.3, 0.4) is 0 Å². The lowest BCUT2D eigenvalue weighted by Gasteiger charge is -2.40. The minimum absolute atomic E-state index is 0.0528. The van der Waals surface area contributed by atoms with E-state index in [1.54, 1.807) is 9.80 Å². The predicted octanol–water partition coefficient (Wildman–Crippen LogP) is 4.14. The van der Waals surface area contributed by atoms with Crippen molar-refractivity contribution in [3.8, 4) is 16.9 Å². The van der Waals surface area contributed by atoms with Crippen LogP contribution in [0.25, 0.3) is 28.0 Å². The number of amides is 3. The second kappa shape index (κ2) is 12.3. The molecule has 0 radical (unpaired) electrons. The van der Waals surface area contributed by atoms with Gasteiger partial charge in [0.25, 0.3) is 0 Å². The maximum atomic E-state index is 16.3. The number of nitrogens with one attached hydrogen (secondary N) is 2. The van der Waals surface area contributed by atoms with E-state index in [1.165, 1.54) is 30.5 Å². The molecule has 2 aliphatic heterocycles. The maximum absolute atomic E-state index is 16.3. The van der Waals surface area contributed by atoms with E-state index in [0.29, 0.717) is 18.8 Å². The minimum Gasteiger partial charge on any atom is -0.350 e. The third kappa shape index (κ3) is 5.70. The Labute approximate surface area is 268 Å². The molecule has 242 valence electrons. The molecule has 3 aromatic heterocycles. The Hall–Kier alpha value is -5.53. The Balaban J connectivity index is 1.71. The molecule has 0 aliphatic carbocycles. The van der Waals surface area contributed by atoms with Crippen molar-refractivity contribution in [3.05, 3.63) is 77.0 Å².